The summed E-state index contributed by atoms with van der Waals surface area (Å²) in [5.74, 6) is -0.171. The van der Waals surface area contributed by atoms with Crippen LogP contribution in [0.3, 0.4) is 0 Å². The Balaban J connectivity index is 2.06. The van der Waals surface area contributed by atoms with Crippen LogP contribution in [-0.4, -0.2) is 45.1 Å². The number of amides is 1. The van der Waals surface area contributed by atoms with E-state index in [1.54, 1.807) is 17.3 Å². The van der Waals surface area contributed by atoms with Crippen molar-refractivity contribution in [1.82, 2.24) is 14.9 Å². The second-order valence-corrected chi connectivity index (χ2v) is 3.47. The lowest BCUT2D eigenvalue weighted by Crippen LogP contribution is -2.53. The number of nitrogens with zero attached hydrogens (tertiary/aromatic N) is 3. The minimum Gasteiger partial charge on any atom is -0.389 e. The molecule has 1 aliphatic heterocycles. The molecule has 0 bridgehead atoms. The molecule has 0 radical (unpaired) electrons. The van der Waals surface area contributed by atoms with Crippen LogP contribution in [0.2, 0.25) is 0 Å². The van der Waals surface area contributed by atoms with E-state index in [4.69, 9.17) is 5.11 Å². The van der Waals surface area contributed by atoms with Gasteiger partial charge in [-0.05, 0) is 0 Å². The van der Waals surface area contributed by atoms with E-state index in [1.807, 2.05) is 0 Å². The molecule has 78 valence electrons. The Morgan fingerprint density at radius 2 is 2.07 bits per heavy atom. The molecular formula is C10H11N3O2. The summed E-state index contributed by atoms with van der Waals surface area (Å²) in [6, 6.07) is 0. The highest BCUT2D eigenvalue weighted by Crippen LogP contribution is 2.17. The van der Waals surface area contributed by atoms with Gasteiger partial charge in [0.15, 0.2) is 0 Å². The quantitative estimate of drug-likeness (QED) is 0.673. The van der Waals surface area contributed by atoms with Crippen molar-refractivity contribution in [2.45, 2.75) is 6.10 Å². The molecule has 0 saturated carbocycles. The number of aliphatic hydroxyl groups is 1. The van der Waals surface area contributed by atoms with Gasteiger partial charge < -0.3 is 10.0 Å². The van der Waals surface area contributed by atoms with Gasteiger partial charge >= 0.3 is 0 Å². The van der Waals surface area contributed by atoms with Crippen LogP contribution in [0.5, 0.6) is 0 Å². The van der Waals surface area contributed by atoms with Crippen LogP contribution in [0, 0.1) is 0 Å². The molecule has 0 atom stereocenters. The van der Waals surface area contributed by atoms with Crippen molar-refractivity contribution >= 4 is 11.5 Å². The molecule has 0 unspecified atom stereocenters. The first-order chi connectivity index (χ1) is 7.18. The molecular weight excluding hydrogens is 194 g/mol. The van der Waals surface area contributed by atoms with Crippen molar-refractivity contribution in [2.75, 3.05) is 13.1 Å². The number of hydrogen-bond donors (Lipinski definition) is 1. The lowest BCUT2D eigenvalue weighted by atomic mass is 10.1. The first kappa shape index (κ1) is 9.79. The average molecular weight is 205 g/mol. The second-order valence-electron chi connectivity index (χ2n) is 3.47. The molecule has 0 aromatic carbocycles. The summed E-state index contributed by atoms with van der Waals surface area (Å²) in [5, 5.41) is 9.07. The highest BCUT2D eigenvalue weighted by atomic mass is 16.3. The minimum atomic E-state index is -0.395. The van der Waals surface area contributed by atoms with Crippen LogP contribution in [0.25, 0.3) is 5.57 Å². The molecule has 1 aromatic rings. The van der Waals surface area contributed by atoms with Gasteiger partial charge in [-0.25, -0.2) is 9.97 Å². The Morgan fingerprint density at radius 1 is 1.47 bits per heavy atom. The largest absolute Gasteiger partial charge is 0.389 e. The maximum atomic E-state index is 11.7. The Labute approximate surface area is 87.1 Å². The zero-order valence-electron chi connectivity index (χ0n) is 8.13. The zero-order chi connectivity index (χ0) is 10.8. The Morgan fingerprint density at radius 3 is 2.60 bits per heavy atom. The smallest absolute Gasteiger partial charge is 0.254 e. The molecule has 5 nitrogen and oxygen atoms in total. The monoisotopic (exact) mass is 205 g/mol. The van der Waals surface area contributed by atoms with Gasteiger partial charge in [-0.15, -0.1) is 0 Å². The summed E-state index contributed by atoms with van der Waals surface area (Å²) in [5.41, 5.74) is 0.978. The number of rotatable bonds is 2. The number of likely N-dealkylation sites (tertiary alicyclic amines) is 1. The molecule has 15 heavy (non-hydrogen) atoms. The van der Waals surface area contributed by atoms with Crippen LogP contribution in [0.4, 0.5) is 0 Å². The summed E-state index contributed by atoms with van der Waals surface area (Å²) < 4.78 is 0. The lowest BCUT2D eigenvalue weighted by Gasteiger charge is -2.36. The third-order valence-corrected chi connectivity index (χ3v) is 2.32. The first-order valence-electron chi connectivity index (χ1n) is 4.60. The predicted molar refractivity (Wildman–Crippen MR) is 53.7 cm³/mol. The molecule has 0 aliphatic carbocycles. The highest BCUT2D eigenvalue weighted by molar-refractivity contribution is 6.18. The Hall–Kier alpha value is -1.75. The highest BCUT2D eigenvalue weighted by Gasteiger charge is 2.30. The first-order valence-corrected chi connectivity index (χ1v) is 4.60. The fraction of sp³-hybridized carbons (Fsp3) is 0.300. The second kappa shape index (κ2) is 3.78. The van der Waals surface area contributed by atoms with Gasteiger partial charge in [-0.2, -0.15) is 0 Å². The summed E-state index contributed by atoms with van der Waals surface area (Å²) in [6.07, 6.45) is 4.09. The normalized spacial score (nSPS) is 15.9. The fourth-order valence-electron chi connectivity index (χ4n) is 1.39. The molecule has 1 N–H and O–H groups in total. The van der Waals surface area contributed by atoms with Gasteiger partial charge in [0, 0.05) is 36.6 Å². The van der Waals surface area contributed by atoms with Crippen LogP contribution >= 0.6 is 0 Å². The number of aromatic nitrogens is 2. The maximum Gasteiger partial charge on any atom is 0.254 e. The minimum absolute atomic E-state index is 0.171. The molecule has 0 spiro atoms. The van der Waals surface area contributed by atoms with Gasteiger partial charge in [0.2, 0.25) is 0 Å². The SMILES string of the molecule is C=C(C(=O)N1CC(O)C1)c1cncnc1. The van der Waals surface area contributed by atoms with E-state index >= 15 is 0 Å². The van der Waals surface area contributed by atoms with E-state index in [0.717, 1.165) is 0 Å². The van der Waals surface area contributed by atoms with E-state index in [-0.39, 0.29) is 5.91 Å². The fourth-order valence-corrected chi connectivity index (χ4v) is 1.39. The molecule has 1 fully saturated rings. The summed E-state index contributed by atoms with van der Waals surface area (Å²) in [6.45, 7) is 4.46. The third kappa shape index (κ3) is 1.87. The van der Waals surface area contributed by atoms with E-state index in [2.05, 4.69) is 16.5 Å². The average Bonchev–Trinajstić information content (AvgIpc) is 2.24. The maximum absolute atomic E-state index is 11.7. The van der Waals surface area contributed by atoms with Gasteiger partial charge in [0.1, 0.15) is 6.33 Å². The van der Waals surface area contributed by atoms with Crippen LogP contribution < -0.4 is 0 Å². The number of hydrogen-bond acceptors (Lipinski definition) is 4. The van der Waals surface area contributed by atoms with E-state index in [0.29, 0.717) is 24.2 Å². The van der Waals surface area contributed by atoms with Gasteiger partial charge in [-0.1, -0.05) is 6.58 Å². The number of aliphatic hydroxyl groups excluding tert-OH is 1. The molecule has 2 rings (SSSR count). The van der Waals surface area contributed by atoms with Crippen LogP contribution in [0.1, 0.15) is 5.56 Å². The molecule has 1 aliphatic rings. The number of β-amino-alcohol motifs (C(OH)–C–C–N with tert-alkyl or cyclic N) is 1. The Kier molecular flexibility index (Phi) is 2.47. The van der Waals surface area contributed by atoms with E-state index < -0.39 is 6.10 Å². The van der Waals surface area contributed by atoms with Gasteiger partial charge in [0.25, 0.3) is 5.91 Å². The molecule has 1 saturated heterocycles. The standard InChI is InChI=1S/C10H11N3O2/c1-7(8-2-11-6-12-3-8)10(15)13-4-9(14)5-13/h2-3,6,9,14H,1,4-5H2. The van der Waals surface area contributed by atoms with E-state index in [1.165, 1.54) is 6.33 Å². The van der Waals surface area contributed by atoms with E-state index in [9.17, 15) is 4.79 Å². The summed E-state index contributed by atoms with van der Waals surface area (Å²) in [4.78, 5) is 20.9. The van der Waals surface area contributed by atoms with Gasteiger partial charge in [-0.3, -0.25) is 4.79 Å². The molecule has 1 amide bonds. The third-order valence-electron chi connectivity index (χ3n) is 2.32. The van der Waals surface area contributed by atoms with Crippen molar-refractivity contribution in [3.05, 3.63) is 30.9 Å². The number of carbonyl (C=O) groups excluding carboxylic acids is 1. The van der Waals surface area contributed by atoms with Crippen molar-refractivity contribution in [2.24, 2.45) is 0 Å². The molecule has 5 heteroatoms. The summed E-state index contributed by atoms with van der Waals surface area (Å²) >= 11 is 0. The Bertz CT molecular complexity index is 385. The zero-order valence-corrected chi connectivity index (χ0v) is 8.13. The summed E-state index contributed by atoms with van der Waals surface area (Å²) in [7, 11) is 0. The predicted octanol–water partition coefficient (Wildman–Crippen LogP) is -0.307. The number of carbonyl (C=O) groups is 1. The lowest BCUT2D eigenvalue weighted by molar-refractivity contribution is -0.134. The molecule has 2 heterocycles. The van der Waals surface area contributed by atoms with Crippen LogP contribution in [-0.2, 0) is 4.79 Å². The van der Waals surface area contributed by atoms with Crippen molar-refractivity contribution in [1.29, 1.82) is 0 Å². The van der Waals surface area contributed by atoms with Crippen molar-refractivity contribution < 1.29 is 9.90 Å². The van der Waals surface area contributed by atoms with Crippen molar-refractivity contribution in [3.8, 4) is 0 Å². The topological polar surface area (TPSA) is 66.3 Å². The van der Waals surface area contributed by atoms with Crippen molar-refractivity contribution in [3.63, 3.8) is 0 Å². The molecule has 1 aromatic heterocycles. The van der Waals surface area contributed by atoms with Gasteiger partial charge in [0.05, 0.1) is 6.10 Å². The van der Waals surface area contributed by atoms with Crippen LogP contribution in [0.15, 0.2) is 25.3 Å².